The van der Waals surface area contributed by atoms with Gasteiger partial charge >= 0.3 is 0 Å². The van der Waals surface area contributed by atoms with E-state index in [0.29, 0.717) is 18.3 Å². The summed E-state index contributed by atoms with van der Waals surface area (Å²) in [7, 11) is 0. The summed E-state index contributed by atoms with van der Waals surface area (Å²) in [6, 6.07) is 3.85. The van der Waals surface area contributed by atoms with Crippen molar-refractivity contribution < 1.29 is 14.0 Å². The van der Waals surface area contributed by atoms with Crippen molar-refractivity contribution in [3.8, 4) is 11.5 Å². The second-order valence-electron chi connectivity index (χ2n) is 6.16. The monoisotopic (exact) mass is 316 g/mol. The highest BCUT2D eigenvalue weighted by atomic mass is 16.7. The summed E-state index contributed by atoms with van der Waals surface area (Å²) >= 11 is 0. The summed E-state index contributed by atoms with van der Waals surface area (Å²) in [5.41, 5.74) is 0.866. The molecule has 2 aromatic heterocycles. The van der Waals surface area contributed by atoms with E-state index in [1.54, 1.807) is 6.20 Å². The Morgan fingerprint density at radius 3 is 2.78 bits per heavy atom. The zero-order chi connectivity index (χ0) is 15.9. The van der Waals surface area contributed by atoms with Gasteiger partial charge in [-0.1, -0.05) is 5.16 Å². The Morgan fingerprint density at radius 2 is 2.13 bits per heavy atom. The largest absolute Gasteiger partial charge is 0.356 e. The molecular weight excluding hydrogens is 296 g/mol. The number of ether oxygens (including phenoxy) is 2. The van der Waals surface area contributed by atoms with Crippen LogP contribution >= 0.6 is 0 Å². The second kappa shape index (κ2) is 5.58. The van der Waals surface area contributed by atoms with E-state index in [1.807, 2.05) is 19.1 Å². The van der Waals surface area contributed by atoms with E-state index in [9.17, 15) is 0 Å². The number of rotatable bonds is 2. The smallest absolute Gasteiger partial charge is 0.261 e. The maximum Gasteiger partial charge on any atom is 0.261 e. The second-order valence-corrected chi connectivity index (χ2v) is 6.16. The summed E-state index contributed by atoms with van der Waals surface area (Å²) in [6.45, 7) is 6.18. The number of aromatic nitrogens is 3. The average Bonchev–Trinajstić information content (AvgIpc) is 3.15. The SMILES string of the molecule is Cc1noc(-c2cccnc2N2CCC3(CC2)OC[C@H](C)O3)n1. The first-order valence-electron chi connectivity index (χ1n) is 7.98. The predicted molar refractivity (Wildman–Crippen MR) is 82.9 cm³/mol. The number of piperidine rings is 1. The van der Waals surface area contributed by atoms with Crippen molar-refractivity contribution >= 4 is 5.82 Å². The molecule has 1 atom stereocenters. The average molecular weight is 316 g/mol. The molecule has 2 fully saturated rings. The van der Waals surface area contributed by atoms with Crippen molar-refractivity contribution in [2.75, 3.05) is 24.6 Å². The van der Waals surface area contributed by atoms with Gasteiger partial charge < -0.3 is 18.9 Å². The molecule has 2 saturated heterocycles. The summed E-state index contributed by atoms with van der Waals surface area (Å²) in [5, 5.41) is 3.87. The fourth-order valence-corrected chi connectivity index (χ4v) is 3.25. The molecule has 0 bridgehead atoms. The molecule has 0 N–H and O–H groups in total. The number of pyridine rings is 1. The van der Waals surface area contributed by atoms with Gasteiger partial charge in [-0.2, -0.15) is 4.98 Å². The zero-order valence-electron chi connectivity index (χ0n) is 13.4. The van der Waals surface area contributed by atoms with Crippen LogP contribution in [0.2, 0.25) is 0 Å². The lowest BCUT2D eigenvalue weighted by Gasteiger charge is -2.38. The molecule has 0 radical (unpaired) electrons. The fourth-order valence-electron chi connectivity index (χ4n) is 3.25. The summed E-state index contributed by atoms with van der Waals surface area (Å²) < 4.78 is 17.2. The summed E-state index contributed by atoms with van der Waals surface area (Å²) in [5.74, 6) is 1.59. The predicted octanol–water partition coefficient (Wildman–Crippen LogP) is 2.17. The Bertz CT molecular complexity index is 694. The van der Waals surface area contributed by atoms with Crippen LogP contribution in [0, 0.1) is 6.92 Å². The third-order valence-electron chi connectivity index (χ3n) is 4.37. The Kier molecular flexibility index (Phi) is 3.54. The molecule has 0 aliphatic carbocycles. The van der Waals surface area contributed by atoms with E-state index in [-0.39, 0.29) is 6.10 Å². The van der Waals surface area contributed by atoms with Crippen molar-refractivity contribution in [3.05, 3.63) is 24.2 Å². The van der Waals surface area contributed by atoms with Crippen LogP contribution in [-0.2, 0) is 9.47 Å². The fraction of sp³-hybridized carbons (Fsp3) is 0.562. The highest BCUT2D eigenvalue weighted by molar-refractivity contribution is 5.69. The Morgan fingerprint density at radius 1 is 1.30 bits per heavy atom. The molecule has 0 saturated carbocycles. The van der Waals surface area contributed by atoms with Gasteiger partial charge in [0.25, 0.3) is 5.89 Å². The Balaban J connectivity index is 1.56. The minimum Gasteiger partial charge on any atom is -0.356 e. The van der Waals surface area contributed by atoms with Crippen LogP contribution < -0.4 is 4.90 Å². The van der Waals surface area contributed by atoms with E-state index in [1.165, 1.54) is 0 Å². The van der Waals surface area contributed by atoms with Crippen molar-refractivity contribution in [1.82, 2.24) is 15.1 Å². The normalized spacial score (nSPS) is 23.6. The van der Waals surface area contributed by atoms with E-state index < -0.39 is 5.79 Å². The molecular formula is C16H20N4O3. The van der Waals surface area contributed by atoms with Crippen LogP contribution in [0.3, 0.4) is 0 Å². The molecule has 2 aliphatic heterocycles. The molecule has 4 rings (SSSR count). The van der Waals surface area contributed by atoms with Crippen molar-refractivity contribution in [2.45, 2.75) is 38.6 Å². The minimum atomic E-state index is -0.411. The van der Waals surface area contributed by atoms with E-state index in [0.717, 1.165) is 37.3 Å². The zero-order valence-corrected chi connectivity index (χ0v) is 13.4. The molecule has 1 spiro atoms. The molecule has 2 aliphatic rings. The lowest BCUT2D eigenvalue weighted by molar-refractivity contribution is -0.178. The van der Waals surface area contributed by atoms with Gasteiger partial charge in [0.15, 0.2) is 11.6 Å². The number of hydrogen-bond donors (Lipinski definition) is 0. The Labute approximate surface area is 134 Å². The number of nitrogens with zero attached hydrogens (tertiary/aromatic N) is 4. The van der Waals surface area contributed by atoms with E-state index >= 15 is 0 Å². The molecule has 0 aromatic carbocycles. The van der Waals surface area contributed by atoms with Crippen LogP contribution in [0.1, 0.15) is 25.6 Å². The molecule has 4 heterocycles. The molecule has 23 heavy (non-hydrogen) atoms. The molecule has 7 nitrogen and oxygen atoms in total. The third-order valence-corrected chi connectivity index (χ3v) is 4.37. The number of anilines is 1. The first-order valence-corrected chi connectivity index (χ1v) is 7.98. The summed E-state index contributed by atoms with van der Waals surface area (Å²) in [4.78, 5) is 11.1. The third kappa shape index (κ3) is 2.70. The Hall–Kier alpha value is -1.99. The van der Waals surface area contributed by atoms with Gasteiger partial charge in [0.2, 0.25) is 0 Å². The molecule has 0 amide bonds. The van der Waals surface area contributed by atoms with E-state index in [4.69, 9.17) is 14.0 Å². The van der Waals surface area contributed by atoms with Crippen LogP contribution in [0.5, 0.6) is 0 Å². The van der Waals surface area contributed by atoms with Gasteiger partial charge in [-0.05, 0) is 26.0 Å². The van der Waals surface area contributed by atoms with Gasteiger partial charge in [0.05, 0.1) is 18.3 Å². The maximum atomic E-state index is 5.98. The molecule has 0 unspecified atom stereocenters. The highest BCUT2D eigenvalue weighted by Crippen LogP contribution is 2.37. The van der Waals surface area contributed by atoms with Crippen LogP contribution in [0.25, 0.3) is 11.5 Å². The van der Waals surface area contributed by atoms with Crippen molar-refractivity contribution in [1.29, 1.82) is 0 Å². The lowest BCUT2D eigenvalue weighted by atomic mass is 10.0. The van der Waals surface area contributed by atoms with Crippen LogP contribution in [0.4, 0.5) is 5.82 Å². The van der Waals surface area contributed by atoms with Gasteiger partial charge in [-0.15, -0.1) is 0 Å². The highest BCUT2D eigenvalue weighted by Gasteiger charge is 2.43. The summed E-state index contributed by atoms with van der Waals surface area (Å²) in [6.07, 6.45) is 3.62. The van der Waals surface area contributed by atoms with Gasteiger partial charge in [-0.25, -0.2) is 4.98 Å². The molecule has 7 heteroatoms. The van der Waals surface area contributed by atoms with Crippen molar-refractivity contribution in [2.24, 2.45) is 0 Å². The maximum absolute atomic E-state index is 5.98. The molecule has 122 valence electrons. The first kappa shape index (κ1) is 14.6. The van der Waals surface area contributed by atoms with Gasteiger partial charge in [0.1, 0.15) is 5.82 Å². The van der Waals surface area contributed by atoms with Gasteiger partial charge in [-0.3, -0.25) is 0 Å². The number of aryl methyl sites for hydroxylation is 1. The number of hydrogen-bond acceptors (Lipinski definition) is 7. The minimum absolute atomic E-state index is 0.174. The topological polar surface area (TPSA) is 73.5 Å². The van der Waals surface area contributed by atoms with Gasteiger partial charge in [0, 0.05) is 32.1 Å². The van der Waals surface area contributed by atoms with Crippen molar-refractivity contribution in [3.63, 3.8) is 0 Å². The van der Waals surface area contributed by atoms with Crippen LogP contribution in [0.15, 0.2) is 22.9 Å². The first-order chi connectivity index (χ1) is 11.2. The standard InChI is InChI=1S/C16H20N4O3/c1-11-10-21-16(22-11)5-8-20(9-6-16)14-13(4-3-7-17-14)15-18-12(2)19-23-15/h3-4,7,11H,5-6,8-10H2,1-2H3/t11-/m0/s1. The van der Waals surface area contributed by atoms with E-state index in [2.05, 4.69) is 26.9 Å². The quantitative estimate of drug-likeness (QED) is 0.840. The lowest BCUT2D eigenvalue weighted by Crippen LogP contribution is -2.45. The molecule has 2 aromatic rings. The van der Waals surface area contributed by atoms with Crippen LogP contribution in [-0.4, -0.2) is 46.7 Å².